The van der Waals surface area contributed by atoms with Gasteiger partial charge in [-0.1, -0.05) is 0 Å². The minimum atomic E-state index is -0.264. The van der Waals surface area contributed by atoms with Gasteiger partial charge < -0.3 is 15.0 Å². The monoisotopic (exact) mass is 366 g/mol. The van der Waals surface area contributed by atoms with Crippen molar-refractivity contribution >= 4 is 27.8 Å². The Kier molecular flexibility index (Phi) is 5.21. The standard InChI is InChI=1S/C13H15BrN6O2/c1-20(2)12-17-10(18-13(19-12)22-3)7-16-11(21)8-4-9(14)6-15-5-8/h4-6H,7H2,1-3H3,(H,16,21). The van der Waals surface area contributed by atoms with Gasteiger partial charge in [-0.25, -0.2) is 0 Å². The Bertz CT molecular complexity index is 679. The predicted octanol–water partition coefficient (Wildman–Crippen LogP) is 1.03. The third-order valence-corrected chi connectivity index (χ3v) is 3.04. The number of pyridine rings is 1. The van der Waals surface area contributed by atoms with Crippen molar-refractivity contribution in [3.8, 4) is 6.01 Å². The lowest BCUT2D eigenvalue weighted by Gasteiger charge is -2.12. The fourth-order valence-electron chi connectivity index (χ4n) is 1.55. The van der Waals surface area contributed by atoms with E-state index in [2.05, 4.69) is 41.2 Å². The molecule has 9 heteroatoms. The van der Waals surface area contributed by atoms with E-state index < -0.39 is 0 Å². The van der Waals surface area contributed by atoms with Gasteiger partial charge in [0.05, 0.1) is 19.2 Å². The summed E-state index contributed by atoms with van der Waals surface area (Å²) in [6, 6.07) is 1.88. The van der Waals surface area contributed by atoms with Crippen LogP contribution in [0.3, 0.4) is 0 Å². The van der Waals surface area contributed by atoms with E-state index in [9.17, 15) is 4.79 Å². The van der Waals surface area contributed by atoms with Crippen LogP contribution < -0.4 is 15.0 Å². The fraction of sp³-hybridized carbons (Fsp3) is 0.308. The zero-order valence-corrected chi connectivity index (χ0v) is 14.0. The van der Waals surface area contributed by atoms with Gasteiger partial charge in [0, 0.05) is 31.0 Å². The van der Waals surface area contributed by atoms with Crippen molar-refractivity contribution in [1.82, 2.24) is 25.3 Å². The van der Waals surface area contributed by atoms with Crippen LogP contribution in [0.2, 0.25) is 0 Å². The van der Waals surface area contributed by atoms with Crippen molar-refractivity contribution in [3.63, 3.8) is 0 Å². The number of hydrogen-bond donors (Lipinski definition) is 1. The predicted molar refractivity (Wildman–Crippen MR) is 83.8 cm³/mol. The molecule has 0 bridgehead atoms. The van der Waals surface area contributed by atoms with Crippen molar-refractivity contribution in [2.45, 2.75) is 6.54 Å². The quantitative estimate of drug-likeness (QED) is 0.844. The lowest BCUT2D eigenvalue weighted by Crippen LogP contribution is -2.25. The molecule has 0 aliphatic rings. The Balaban J connectivity index is 2.10. The number of amides is 1. The molecule has 0 fully saturated rings. The first-order chi connectivity index (χ1) is 10.5. The van der Waals surface area contributed by atoms with Crippen LogP contribution in [0.4, 0.5) is 5.95 Å². The molecule has 0 unspecified atom stereocenters. The summed E-state index contributed by atoms with van der Waals surface area (Å²) in [6.45, 7) is 0.158. The summed E-state index contributed by atoms with van der Waals surface area (Å²) in [5.74, 6) is 0.603. The van der Waals surface area contributed by atoms with E-state index in [0.29, 0.717) is 17.3 Å². The average molecular weight is 367 g/mol. The summed E-state index contributed by atoms with van der Waals surface area (Å²) in [6.07, 6.45) is 3.09. The van der Waals surface area contributed by atoms with Gasteiger partial charge in [-0.05, 0) is 22.0 Å². The summed E-state index contributed by atoms with van der Waals surface area (Å²) in [7, 11) is 5.10. The minimum absolute atomic E-state index is 0.158. The van der Waals surface area contributed by atoms with E-state index in [1.165, 1.54) is 13.3 Å². The van der Waals surface area contributed by atoms with Crippen LogP contribution in [0.5, 0.6) is 6.01 Å². The van der Waals surface area contributed by atoms with Crippen LogP contribution in [-0.4, -0.2) is 47.0 Å². The summed E-state index contributed by atoms with van der Waals surface area (Å²) in [5, 5.41) is 2.73. The normalized spacial score (nSPS) is 10.2. The SMILES string of the molecule is COc1nc(CNC(=O)c2cncc(Br)c2)nc(N(C)C)n1. The van der Waals surface area contributed by atoms with Crippen molar-refractivity contribution < 1.29 is 9.53 Å². The minimum Gasteiger partial charge on any atom is -0.467 e. The van der Waals surface area contributed by atoms with E-state index >= 15 is 0 Å². The molecule has 0 aromatic carbocycles. The zero-order chi connectivity index (χ0) is 16.1. The van der Waals surface area contributed by atoms with Crippen molar-refractivity contribution in [3.05, 3.63) is 34.3 Å². The molecule has 2 rings (SSSR count). The maximum Gasteiger partial charge on any atom is 0.321 e. The van der Waals surface area contributed by atoms with Crippen LogP contribution in [0.15, 0.2) is 22.9 Å². The molecule has 22 heavy (non-hydrogen) atoms. The lowest BCUT2D eigenvalue weighted by atomic mass is 10.3. The third-order valence-electron chi connectivity index (χ3n) is 2.61. The van der Waals surface area contributed by atoms with Gasteiger partial charge >= 0.3 is 6.01 Å². The van der Waals surface area contributed by atoms with Crippen molar-refractivity contribution in [2.24, 2.45) is 0 Å². The summed E-state index contributed by atoms with van der Waals surface area (Å²) < 4.78 is 5.77. The number of ether oxygens (including phenoxy) is 1. The molecule has 1 amide bonds. The third kappa shape index (κ3) is 4.10. The molecule has 116 valence electrons. The van der Waals surface area contributed by atoms with Gasteiger partial charge in [0.1, 0.15) is 0 Å². The van der Waals surface area contributed by atoms with E-state index in [-0.39, 0.29) is 18.5 Å². The molecular weight excluding hydrogens is 352 g/mol. The largest absolute Gasteiger partial charge is 0.467 e. The van der Waals surface area contributed by atoms with E-state index in [4.69, 9.17) is 4.74 Å². The number of carbonyl (C=O) groups excluding carboxylic acids is 1. The summed E-state index contributed by atoms with van der Waals surface area (Å²) in [4.78, 5) is 30.2. The van der Waals surface area contributed by atoms with Crippen molar-refractivity contribution in [2.75, 3.05) is 26.1 Å². The number of halogens is 1. The number of nitrogens with one attached hydrogen (secondary N) is 1. The summed E-state index contributed by atoms with van der Waals surface area (Å²) >= 11 is 3.27. The molecule has 1 N–H and O–H groups in total. The molecule has 8 nitrogen and oxygen atoms in total. The topological polar surface area (TPSA) is 93.1 Å². The molecule has 0 spiro atoms. The molecule has 2 aromatic rings. The van der Waals surface area contributed by atoms with Gasteiger partial charge in [-0.3, -0.25) is 9.78 Å². The van der Waals surface area contributed by atoms with Crippen LogP contribution in [0.25, 0.3) is 0 Å². The van der Waals surface area contributed by atoms with Crippen molar-refractivity contribution in [1.29, 1.82) is 0 Å². The van der Waals surface area contributed by atoms with E-state index in [1.807, 2.05) is 14.1 Å². The first kappa shape index (κ1) is 16.1. The van der Waals surface area contributed by atoms with Crippen LogP contribution >= 0.6 is 15.9 Å². The lowest BCUT2D eigenvalue weighted by molar-refractivity contribution is 0.0949. The number of methoxy groups -OCH3 is 1. The zero-order valence-electron chi connectivity index (χ0n) is 12.4. The van der Waals surface area contributed by atoms with Gasteiger partial charge in [-0.15, -0.1) is 0 Å². The molecule has 0 aliphatic heterocycles. The maximum atomic E-state index is 12.1. The Morgan fingerprint density at radius 3 is 2.73 bits per heavy atom. The molecule has 2 aromatic heterocycles. The average Bonchev–Trinajstić information content (AvgIpc) is 2.52. The Morgan fingerprint density at radius 2 is 2.09 bits per heavy atom. The highest BCUT2D eigenvalue weighted by atomic mass is 79.9. The molecular formula is C13H15BrN6O2. The van der Waals surface area contributed by atoms with Gasteiger partial charge in [0.25, 0.3) is 5.91 Å². The molecule has 2 heterocycles. The van der Waals surface area contributed by atoms with E-state index in [0.717, 1.165) is 4.47 Å². The summed E-state index contributed by atoms with van der Waals surface area (Å²) in [5.41, 5.74) is 0.447. The number of nitrogens with zero attached hydrogens (tertiary/aromatic N) is 5. The number of carbonyl (C=O) groups is 1. The van der Waals surface area contributed by atoms with E-state index in [1.54, 1.807) is 17.2 Å². The van der Waals surface area contributed by atoms with Crippen LogP contribution in [-0.2, 0) is 6.54 Å². The number of aromatic nitrogens is 4. The number of anilines is 1. The second-order valence-corrected chi connectivity index (χ2v) is 5.42. The fourth-order valence-corrected chi connectivity index (χ4v) is 1.92. The second-order valence-electron chi connectivity index (χ2n) is 4.51. The maximum absolute atomic E-state index is 12.1. The van der Waals surface area contributed by atoms with Gasteiger partial charge in [-0.2, -0.15) is 15.0 Å². The van der Waals surface area contributed by atoms with Gasteiger partial charge in [0.2, 0.25) is 5.95 Å². The molecule has 0 saturated carbocycles. The smallest absolute Gasteiger partial charge is 0.321 e. The molecule has 0 radical (unpaired) electrons. The molecule has 0 atom stereocenters. The Morgan fingerprint density at radius 1 is 1.32 bits per heavy atom. The first-order valence-electron chi connectivity index (χ1n) is 6.34. The molecule has 0 aliphatic carbocycles. The first-order valence-corrected chi connectivity index (χ1v) is 7.14. The van der Waals surface area contributed by atoms with Crippen LogP contribution in [0.1, 0.15) is 16.2 Å². The van der Waals surface area contributed by atoms with Crippen LogP contribution in [0, 0.1) is 0 Å². The Hall–Kier alpha value is -2.29. The highest BCUT2D eigenvalue weighted by molar-refractivity contribution is 9.10. The molecule has 0 saturated heterocycles. The highest BCUT2D eigenvalue weighted by Gasteiger charge is 2.11. The Labute approximate surface area is 136 Å². The second kappa shape index (κ2) is 7.12. The number of rotatable bonds is 5. The number of hydrogen-bond acceptors (Lipinski definition) is 7. The van der Waals surface area contributed by atoms with Gasteiger partial charge in [0.15, 0.2) is 5.82 Å². The highest BCUT2D eigenvalue weighted by Crippen LogP contribution is 2.11.